The van der Waals surface area contributed by atoms with Crippen LogP contribution in [-0.4, -0.2) is 20.0 Å². The Kier molecular flexibility index (Phi) is 5.11. The molecule has 0 saturated carbocycles. The van der Waals surface area contributed by atoms with Crippen molar-refractivity contribution in [1.29, 1.82) is 0 Å². The summed E-state index contributed by atoms with van der Waals surface area (Å²) in [6, 6.07) is 15.1. The monoisotopic (exact) mass is 416 g/mol. The van der Waals surface area contributed by atoms with Gasteiger partial charge in [-0.15, -0.1) is 0 Å². The van der Waals surface area contributed by atoms with Crippen LogP contribution in [0.1, 0.15) is 11.3 Å². The van der Waals surface area contributed by atoms with Gasteiger partial charge in [-0.05, 0) is 54.1 Å². The van der Waals surface area contributed by atoms with Crippen molar-refractivity contribution in [2.24, 2.45) is 0 Å². The van der Waals surface area contributed by atoms with E-state index in [2.05, 4.69) is 9.71 Å². The third kappa shape index (κ3) is 4.05. The number of hydrogen-bond acceptors (Lipinski definition) is 5. The van der Waals surface area contributed by atoms with Crippen LogP contribution in [0, 0.1) is 0 Å². The topological polar surface area (TPSA) is 77.5 Å². The summed E-state index contributed by atoms with van der Waals surface area (Å²) in [4.78, 5) is 4.36. The Labute approximate surface area is 168 Å². The minimum atomic E-state index is -3.73. The zero-order valence-corrected chi connectivity index (χ0v) is 16.3. The Morgan fingerprint density at radius 2 is 2.04 bits per heavy atom. The molecule has 0 aliphatic carbocycles. The van der Waals surface area contributed by atoms with Gasteiger partial charge in [-0.3, -0.25) is 9.71 Å². The zero-order valence-electron chi connectivity index (χ0n) is 14.8. The van der Waals surface area contributed by atoms with Crippen LogP contribution in [0.3, 0.4) is 0 Å². The van der Waals surface area contributed by atoms with Crippen LogP contribution in [-0.2, 0) is 23.1 Å². The van der Waals surface area contributed by atoms with Gasteiger partial charge in [0.25, 0.3) is 10.0 Å². The maximum atomic E-state index is 12.7. The molecule has 1 N–H and O–H groups in total. The fourth-order valence-corrected chi connectivity index (χ4v) is 4.20. The van der Waals surface area contributed by atoms with Gasteiger partial charge in [-0.25, -0.2) is 8.42 Å². The van der Waals surface area contributed by atoms with Crippen molar-refractivity contribution in [3.63, 3.8) is 0 Å². The predicted molar refractivity (Wildman–Crippen MR) is 106 cm³/mol. The quantitative estimate of drug-likeness (QED) is 0.655. The lowest BCUT2D eigenvalue weighted by Crippen LogP contribution is -2.13. The number of sulfonamides is 1. The second-order valence-corrected chi connectivity index (χ2v) is 8.32. The number of anilines is 1. The van der Waals surface area contributed by atoms with Crippen LogP contribution in [0.25, 0.3) is 0 Å². The van der Waals surface area contributed by atoms with Gasteiger partial charge in [0.2, 0.25) is 0 Å². The summed E-state index contributed by atoms with van der Waals surface area (Å²) in [7, 11) is -3.73. The molecule has 3 aromatic rings. The molecule has 4 rings (SSSR count). The first-order valence-corrected chi connectivity index (χ1v) is 10.5. The molecule has 2 heterocycles. The molecule has 1 aliphatic rings. The van der Waals surface area contributed by atoms with Gasteiger partial charge in [0.1, 0.15) is 18.1 Å². The Hall–Kier alpha value is -2.77. The number of benzene rings is 2. The van der Waals surface area contributed by atoms with Crippen LogP contribution in [0.5, 0.6) is 11.5 Å². The van der Waals surface area contributed by atoms with Crippen molar-refractivity contribution in [3.8, 4) is 11.5 Å². The van der Waals surface area contributed by atoms with E-state index in [0.717, 1.165) is 17.0 Å². The minimum Gasteiger partial charge on any atom is -0.493 e. The standard InChI is InChI=1S/C20H17ClN2O4S/c21-18-12-15(4-6-20(18)27-13-16-3-1-2-9-22-16)23-28(24,25)17-5-7-19-14(11-17)8-10-26-19/h1-7,9,11-12,23H,8,10,13H2. The molecule has 1 aliphatic heterocycles. The highest BCUT2D eigenvalue weighted by Crippen LogP contribution is 2.31. The molecule has 2 aromatic carbocycles. The first-order chi connectivity index (χ1) is 13.5. The number of nitrogens with one attached hydrogen (secondary N) is 1. The molecule has 8 heteroatoms. The largest absolute Gasteiger partial charge is 0.493 e. The lowest BCUT2D eigenvalue weighted by Gasteiger charge is -2.12. The summed E-state index contributed by atoms with van der Waals surface area (Å²) in [5, 5.41) is 0.304. The maximum absolute atomic E-state index is 12.7. The number of nitrogens with zero attached hydrogens (tertiary/aromatic N) is 1. The summed E-state index contributed by atoms with van der Waals surface area (Å²) >= 11 is 6.25. The molecule has 6 nitrogen and oxygen atoms in total. The SMILES string of the molecule is O=S(=O)(Nc1ccc(OCc2ccccn2)c(Cl)c1)c1ccc2c(c1)CCO2. The Morgan fingerprint density at radius 3 is 2.82 bits per heavy atom. The fraction of sp³-hybridized carbons (Fsp3) is 0.150. The molecule has 0 bridgehead atoms. The highest BCUT2D eigenvalue weighted by molar-refractivity contribution is 7.92. The number of pyridine rings is 1. The van der Waals surface area contributed by atoms with E-state index in [4.69, 9.17) is 21.1 Å². The summed E-state index contributed by atoms with van der Waals surface area (Å²) < 4.78 is 39.0. The Bertz CT molecular complexity index is 1100. The van der Waals surface area contributed by atoms with Crippen LogP contribution < -0.4 is 14.2 Å². The molecule has 28 heavy (non-hydrogen) atoms. The normalized spacial score (nSPS) is 12.9. The summed E-state index contributed by atoms with van der Waals surface area (Å²) in [6.45, 7) is 0.838. The highest BCUT2D eigenvalue weighted by Gasteiger charge is 2.19. The molecular formula is C20H17ClN2O4S. The van der Waals surface area contributed by atoms with E-state index in [1.54, 1.807) is 30.5 Å². The molecule has 1 aromatic heterocycles. The number of ether oxygens (including phenoxy) is 2. The summed E-state index contributed by atoms with van der Waals surface area (Å²) in [5.41, 5.74) is 2.01. The van der Waals surface area contributed by atoms with E-state index in [9.17, 15) is 8.42 Å². The third-order valence-electron chi connectivity index (χ3n) is 4.26. The van der Waals surface area contributed by atoms with Crippen molar-refractivity contribution in [1.82, 2.24) is 4.98 Å². The first kappa shape index (κ1) is 18.6. The average Bonchev–Trinajstić information content (AvgIpc) is 3.16. The molecule has 0 amide bonds. The van der Waals surface area contributed by atoms with Gasteiger partial charge in [-0.1, -0.05) is 17.7 Å². The Morgan fingerprint density at radius 1 is 1.14 bits per heavy atom. The first-order valence-electron chi connectivity index (χ1n) is 8.62. The van der Waals surface area contributed by atoms with Crippen LogP contribution in [0.2, 0.25) is 5.02 Å². The van der Waals surface area contributed by atoms with E-state index in [-0.39, 0.29) is 11.5 Å². The molecule has 0 spiro atoms. The van der Waals surface area contributed by atoms with Gasteiger partial charge < -0.3 is 9.47 Å². The third-order valence-corrected chi connectivity index (χ3v) is 5.93. The van der Waals surface area contributed by atoms with Crippen LogP contribution in [0.4, 0.5) is 5.69 Å². The van der Waals surface area contributed by atoms with Crippen LogP contribution >= 0.6 is 11.6 Å². The van der Waals surface area contributed by atoms with Gasteiger partial charge in [0.15, 0.2) is 0 Å². The van der Waals surface area contributed by atoms with Crippen molar-refractivity contribution in [2.45, 2.75) is 17.9 Å². The van der Waals surface area contributed by atoms with Gasteiger partial charge in [0.05, 0.1) is 27.9 Å². The molecule has 0 saturated heterocycles. The van der Waals surface area contributed by atoms with Crippen molar-refractivity contribution >= 4 is 27.3 Å². The molecule has 0 atom stereocenters. The van der Waals surface area contributed by atoms with E-state index in [1.807, 2.05) is 18.2 Å². The number of fused-ring (bicyclic) bond motifs is 1. The summed E-state index contributed by atoms with van der Waals surface area (Å²) in [6.07, 6.45) is 2.39. The smallest absolute Gasteiger partial charge is 0.261 e. The van der Waals surface area contributed by atoms with Crippen LogP contribution in [0.15, 0.2) is 65.7 Å². The lowest BCUT2D eigenvalue weighted by molar-refractivity contribution is 0.301. The predicted octanol–water partition coefficient (Wildman–Crippen LogP) is 4.05. The van der Waals surface area contributed by atoms with Gasteiger partial charge in [-0.2, -0.15) is 0 Å². The Balaban J connectivity index is 1.48. The van der Waals surface area contributed by atoms with Gasteiger partial charge in [0, 0.05) is 12.6 Å². The van der Waals surface area contributed by atoms with E-state index in [1.165, 1.54) is 12.1 Å². The number of halogens is 1. The summed E-state index contributed by atoms with van der Waals surface area (Å²) in [5.74, 6) is 1.18. The number of aromatic nitrogens is 1. The van der Waals surface area contributed by atoms with Gasteiger partial charge >= 0.3 is 0 Å². The minimum absolute atomic E-state index is 0.184. The number of rotatable bonds is 6. The molecule has 144 valence electrons. The number of hydrogen-bond donors (Lipinski definition) is 1. The average molecular weight is 417 g/mol. The van der Waals surface area contributed by atoms with E-state index < -0.39 is 10.0 Å². The molecular weight excluding hydrogens is 400 g/mol. The zero-order chi connectivity index (χ0) is 19.6. The van der Waals surface area contributed by atoms with Crippen molar-refractivity contribution < 1.29 is 17.9 Å². The highest BCUT2D eigenvalue weighted by atomic mass is 35.5. The van der Waals surface area contributed by atoms with E-state index in [0.29, 0.717) is 29.5 Å². The fourth-order valence-electron chi connectivity index (χ4n) is 2.86. The maximum Gasteiger partial charge on any atom is 0.261 e. The molecule has 0 radical (unpaired) electrons. The van der Waals surface area contributed by atoms with E-state index >= 15 is 0 Å². The van der Waals surface area contributed by atoms with Crippen molar-refractivity contribution in [2.75, 3.05) is 11.3 Å². The van der Waals surface area contributed by atoms with Crippen molar-refractivity contribution in [3.05, 3.63) is 77.1 Å². The molecule has 0 fully saturated rings. The lowest BCUT2D eigenvalue weighted by atomic mass is 10.2. The second-order valence-electron chi connectivity index (χ2n) is 6.23. The molecule has 0 unspecified atom stereocenters. The second kappa shape index (κ2) is 7.69.